The number of hydrogen-bond acceptors (Lipinski definition) is 3. The monoisotopic (exact) mass is 291 g/mol. The molecule has 0 aliphatic carbocycles. The molecule has 0 saturated heterocycles. The third kappa shape index (κ3) is 3.19. The topological polar surface area (TPSA) is 37.4 Å². The Bertz CT molecular complexity index is 628. The van der Waals surface area contributed by atoms with Gasteiger partial charge in [0.05, 0.1) is 0 Å². The van der Waals surface area contributed by atoms with Crippen LogP contribution in [0, 0.1) is 0 Å². The number of para-hydroxylation sites is 2. The summed E-state index contributed by atoms with van der Waals surface area (Å²) >= 11 is 5.11. The third-order valence-corrected chi connectivity index (χ3v) is 4.44. The van der Waals surface area contributed by atoms with Gasteiger partial charge in [-0.05, 0) is 36.5 Å². The predicted octanol–water partition coefficient (Wildman–Crippen LogP) is 3.15. The molecule has 0 aromatic heterocycles. The molecule has 2 rings (SSSR count). The summed E-state index contributed by atoms with van der Waals surface area (Å²) in [5.41, 5.74) is 1.45. The first kappa shape index (κ1) is 13.7. The van der Waals surface area contributed by atoms with Crippen LogP contribution < -0.4 is 4.90 Å². The van der Waals surface area contributed by atoms with Crippen molar-refractivity contribution in [3.8, 4) is 0 Å². The molecule has 3 nitrogen and oxygen atoms in total. The summed E-state index contributed by atoms with van der Waals surface area (Å²) in [6.07, 6.45) is 1.12. The van der Waals surface area contributed by atoms with Crippen LogP contribution in [0.2, 0.25) is 0 Å². The van der Waals surface area contributed by atoms with Gasteiger partial charge < -0.3 is 0 Å². The molecular formula is C14H13NO2S2. The molecule has 0 spiro atoms. The fourth-order valence-corrected chi connectivity index (χ4v) is 2.43. The van der Waals surface area contributed by atoms with Crippen LogP contribution in [0.15, 0.2) is 60.7 Å². The van der Waals surface area contributed by atoms with E-state index >= 15 is 0 Å². The van der Waals surface area contributed by atoms with Crippen LogP contribution in [-0.4, -0.2) is 19.0 Å². The Hall–Kier alpha value is -1.72. The molecule has 19 heavy (non-hydrogen) atoms. The second kappa shape index (κ2) is 5.50. The van der Waals surface area contributed by atoms with Crippen LogP contribution in [0.3, 0.4) is 0 Å². The molecule has 98 valence electrons. The largest absolute Gasteiger partial charge is 0.292 e. The van der Waals surface area contributed by atoms with Gasteiger partial charge in [0.2, 0.25) is 14.2 Å². The molecule has 5 heteroatoms. The minimum atomic E-state index is -3.44. The van der Waals surface area contributed by atoms with E-state index in [1.165, 1.54) is 0 Å². The molecule has 0 radical (unpaired) electrons. The molecule has 0 aliphatic heterocycles. The fourth-order valence-electron chi connectivity index (χ4n) is 1.68. The number of thiocarbonyl (C=S) groups is 1. The standard InChI is InChI=1S/C14H13NO2S2/c1-19(16,17)14(18)15(12-8-4-2-5-9-12)13-10-6-3-7-11-13/h2-11H,1H3. The van der Waals surface area contributed by atoms with E-state index in [-0.39, 0.29) is 4.32 Å². The van der Waals surface area contributed by atoms with Gasteiger partial charge >= 0.3 is 0 Å². The Morgan fingerprint density at radius 3 is 1.58 bits per heavy atom. The highest BCUT2D eigenvalue weighted by molar-refractivity contribution is 8.17. The van der Waals surface area contributed by atoms with Crippen molar-refractivity contribution < 1.29 is 8.42 Å². The zero-order valence-electron chi connectivity index (χ0n) is 10.4. The van der Waals surface area contributed by atoms with Crippen molar-refractivity contribution in [3.05, 3.63) is 60.7 Å². The molecule has 2 aromatic carbocycles. The third-order valence-electron chi connectivity index (χ3n) is 2.53. The lowest BCUT2D eigenvalue weighted by molar-refractivity contribution is 0.612. The highest BCUT2D eigenvalue weighted by Crippen LogP contribution is 2.26. The molecule has 0 amide bonds. The zero-order chi connectivity index (χ0) is 13.9. The van der Waals surface area contributed by atoms with Crippen molar-refractivity contribution in [1.29, 1.82) is 0 Å². The lowest BCUT2D eigenvalue weighted by Gasteiger charge is -2.24. The first-order chi connectivity index (χ1) is 9.00. The van der Waals surface area contributed by atoms with Crippen molar-refractivity contribution in [1.82, 2.24) is 0 Å². The summed E-state index contributed by atoms with van der Waals surface area (Å²) in [5, 5.41) is 0. The summed E-state index contributed by atoms with van der Waals surface area (Å²) in [6.45, 7) is 0. The highest BCUT2D eigenvalue weighted by atomic mass is 32.2. The van der Waals surface area contributed by atoms with Crippen LogP contribution in [0.4, 0.5) is 11.4 Å². The second-order valence-corrected chi connectivity index (χ2v) is 6.62. The summed E-state index contributed by atoms with van der Waals surface area (Å²) in [5.74, 6) is 0. The first-order valence-corrected chi connectivity index (χ1v) is 7.94. The Labute approximate surface area is 118 Å². The zero-order valence-corrected chi connectivity index (χ0v) is 12.0. The van der Waals surface area contributed by atoms with Crippen LogP contribution in [0.5, 0.6) is 0 Å². The van der Waals surface area contributed by atoms with Crippen molar-refractivity contribution in [3.63, 3.8) is 0 Å². The lowest BCUT2D eigenvalue weighted by atomic mass is 10.2. The molecule has 0 unspecified atom stereocenters. The fraction of sp³-hybridized carbons (Fsp3) is 0.0714. The molecular weight excluding hydrogens is 278 g/mol. The Morgan fingerprint density at radius 2 is 1.26 bits per heavy atom. The van der Waals surface area contributed by atoms with Gasteiger partial charge in [0.1, 0.15) is 0 Å². The maximum Gasteiger partial charge on any atom is 0.204 e. The quantitative estimate of drug-likeness (QED) is 0.797. The molecule has 0 fully saturated rings. The predicted molar refractivity (Wildman–Crippen MR) is 82.5 cm³/mol. The molecule has 2 aromatic rings. The number of anilines is 2. The normalized spacial score (nSPS) is 11.0. The Kier molecular flexibility index (Phi) is 3.97. The molecule has 0 aliphatic rings. The van der Waals surface area contributed by atoms with Crippen molar-refractivity contribution in [2.45, 2.75) is 0 Å². The first-order valence-electron chi connectivity index (χ1n) is 5.64. The van der Waals surface area contributed by atoms with E-state index in [9.17, 15) is 8.42 Å². The summed E-state index contributed by atoms with van der Waals surface area (Å²) < 4.78 is 23.4. The van der Waals surface area contributed by atoms with Gasteiger partial charge in [-0.2, -0.15) is 0 Å². The van der Waals surface area contributed by atoms with Gasteiger partial charge in [-0.15, -0.1) is 0 Å². The Balaban J connectivity index is 2.56. The van der Waals surface area contributed by atoms with Gasteiger partial charge in [0.15, 0.2) is 0 Å². The van der Waals surface area contributed by atoms with E-state index in [4.69, 9.17) is 12.2 Å². The number of nitrogens with zero attached hydrogens (tertiary/aromatic N) is 1. The smallest absolute Gasteiger partial charge is 0.204 e. The maximum absolute atomic E-state index is 11.7. The van der Waals surface area contributed by atoms with E-state index in [2.05, 4.69) is 0 Å². The summed E-state index contributed by atoms with van der Waals surface area (Å²) in [7, 11) is -3.44. The van der Waals surface area contributed by atoms with Gasteiger partial charge in [0, 0.05) is 17.6 Å². The lowest BCUT2D eigenvalue weighted by Crippen LogP contribution is -2.30. The molecule has 0 bridgehead atoms. The Morgan fingerprint density at radius 1 is 0.895 bits per heavy atom. The number of hydrogen-bond donors (Lipinski definition) is 0. The van der Waals surface area contributed by atoms with Crippen LogP contribution in [0.25, 0.3) is 0 Å². The highest BCUT2D eigenvalue weighted by Gasteiger charge is 2.22. The van der Waals surface area contributed by atoms with Gasteiger partial charge in [-0.1, -0.05) is 36.4 Å². The molecule has 0 N–H and O–H groups in total. The van der Waals surface area contributed by atoms with Gasteiger partial charge in [-0.25, -0.2) is 8.42 Å². The van der Waals surface area contributed by atoms with Crippen LogP contribution in [-0.2, 0) is 9.84 Å². The minimum absolute atomic E-state index is 0.107. The van der Waals surface area contributed by atoms with Crippen LogP contribution in [0.1, 0.15) is 0 Å². The van der Waals surface area contributed by atoms with E-state index in [0.29, 0.717) is 0 Å². The van der Waals surface area contributed by atoms with Crippen molar-refractivity contribution in [2.24, 2.45) is 0 Å². The average molecular weight is 291 g/mol. The number of benzene rings is 2. The van der Waals surface area contributed by atoms with Crippen molar-refractivity contribution >= 4 is 37.8 Å². The maximum atomic E-state index is 11.7. The summed E-state index contributed by atoms with van der Waals surface area (Å²) in [4.78, 5) is 1.56. The van der Waals surface area contributed by atoms with Crippen molar-refractivity contribution in [2.75, 3.05) is 11.2 Å². The van der Waals surface area contributed by atoms with E-state index in [1.54, 1.807) is 4.90 Å². The number of rotatable bonds is 2. The summed E-state index contributed by atoms with van der Waals surface area (Å²) in [6, 6.07) is 18.4. The SMILES string of the molecule is CS(=O)(=O)C(=S)N(c1ccccc1)c1ccccc1. The van der Waals surface area contributed by atoms with Gasteiger partial charge in [0.25, 0.3) is 0 Å². The van der Waals surface area contributed by atoms with Crippen LogP contribution >= 0.6 is 12.2 Å². The van der Waals surface area contributed by atoms with E-state index in [1.807, 2.05) is 60.7 Å². The minimum Gasteiger partial charge on any atom is -0.292 e. The van der Waals surface area contributed by atoms with E-state index in [0.717, 1.165) is 17.6 Å². The van der Waals surface area contributed by atoms with E-state index < -0.39 is 9.84 Å². The molecule has 0 atom stereocenters. The molecule has 0 saturated carbocycles. The van der Waals surface area contributed by atoms with Gasteiger partial charge in [-0.3, -0.25) is 4.90 Å². The average Bonchev–Trinajstić information content (AvgIpc) is 2.40. The second-order valence-electron chi connectivity index (χ2n) is 4.04. The number of sulfone groups is 1. The molecule has 0 heterocycles.